The van der Waals surface area contributed by atoms with Crippen LogP contribution in [0.4, 0.5) is 17.3 Å². The predicted molar refractivity (Wildman–Crippen MR) is 69.7 cm³/mol. The molecule has 88 valence electrons. The number of nitrogens with two attached hydrogens (primary N) is 1. The number of para-hydroxylation sites is 2. The zero-order valence-corrected chi connectivity index (χ0v) is 9.92. The summed E-state index contributed by atoms with van der Waals surface area (Å²) in [6.45, 7) is 0. The quantitative estimate of drug-likeness (QED) is 0.878. The van der Waals surface area contributed by atoms with Gasteiger partial charge in [0.2, 0.25) is 0 Å². The summed E-state index contributed by atoms with van der Waals surface area (Å²) in [6.07, 6.45) is 0. The first-order chi connectivity index (χ1) is 8.22. The Morgan fingerprint density at radius 3 is 2.59 bits per heavy atom. The van der Waals surface area contributed by atoms with Gasteiger partial charge >= 0.3 is 0 Å². The average molecular weight is 229 g/mol. The van der Waals surface area contributed by atoms with Gasteiger partial charge in [0.1, 0.15) is 17.4 Å². The molecule has 0 spiro atoms. The van der Waals surface area contributed by atoms with E-state index in [9.17, 15) is 0 Å². The van der Waals surface area contributed by atoms with Crippen LogP contribution in [0.15, 0.2) is 42.5 Å². The second-order valence-electron chi connectivity index (χ2n) is 3.65. The number of nitrogen functional groups attached to an aromatic ring is 1. The molecular formula is C13H15N3O. The maximum Gasteiger partial charge on any atom is 0.142 e. The molecule has 0 unspecified atom stereocenters. The minimum atomic E-state index is 0.504. The minimum Gasteiger partial charge on any atom is -0.495 e. The van der Waals surface area contributed by atoms with Crippen molar-refractivity contribution in [1.29, 1.82) is 0 Å². The lowest BCUT2D eigenvalue weighted by atomic mass is 10.2. The lowest BCUT2D eigenvalue weighted by Gasteiger charge is -2.20. The van der Waals surface area contributed by atoms with E-state index in [0.29, 0.717) is 5.82 Å². The van der Waals surface area contributed by atoms with Crippen molar-refractivity contribution in [2.75, 3.05) is 24.8 Å². The third kappa shape index (κ3) is 2.30. The highest BCUT2D eigenvalue weighted by Gasteiger charge is 2.10. The number of hydrogen-bond acceptors (Lipinski definition) is 4. The number of anilines is 3. The zero-order valence-electron chi connectivity index (χ0n) is 9.92. The van der Waals surface area contributed by atoms with Gasteiger partial charge in [-0.05, 0) is 24.3 Å². The molecule has 0 aliphatic rings. The molecule has 0 aliphatic carbocycles. The van der Waals surface area contributed by atoms with Crippen LogP contribution in [0.2, 0.25) is 0 Å². The van der Waals surface area contributed by atoms with Crippen LogP contribution in [-0.2, 0) is 0 Å². The summed E-state index contributed by atoms with van der Waals surface area (Å²) < 4.78 is 5.32. The third-order valence-electron chi connectivity index (χ3n) is 2.55. The summed E-state index contributed by atoms with van der Waals surface area (Å²) in [7, 11) is 3.58. The maximum atomic E-state index is 5.68. The number of pyridine rings is 1. The number of aromatic nitrogens is 1. The van der Waals surface area contributed by atoms with Gasteiger partial charge in [-0.25, -0.2) is 4.98 Å². The van der Waals surface area contributed by atoms with E-state index in [0.717, 1.165) is 17.3 Å². The Kier molecular flexibility index (Phi) is 3.14. The fourth-order valence-corrected chi connectivity index (χ4v) is 1.66. The third-order valence-corrected chi connectivity index (χ3v) is 2.55. The highest BCUT2D eigenvalue weighted by Crippen LogP contribution is 2.31. The number of benzene rings is 1. The first-order valence-electron chi connectivity index (χ1n) is 5.31. The molecule has 2 rings (SSSR count). The lowest BCUT2D eigenvalue weighted by Crippen LogP contribution is -2.12. The smallest absolute Gasteiger partial charge is 0.142 e. The van der Waals surface area contributed by atoms with Crippen LogP contribution in [0, 0.1) is 0 Å². The van der Waals surface area contributed by atoms with Crippen molar-refractivity contribution in [3.05, 3.63) is 42.5 Å². The molecule has 0 saturated heterocycles. The van der Waals surface area contributed by atoms with Gasteiger partial charge in [-0.1, -0.05) is 18.2 Å². The van der Waals surface area contributed by atoms with Crippen molar-refractivity contribution in [3.8, 4) is 5.75 Å². The molecular weight excluding hydrogens is 214 g/mol. The van der Waals surface area contributed by atoms with Crippen LogP contribution in [-0.4, -0.2) is 19.1 Å². The topological polar surface area (TPSA) is 51.4 Å². The second kappa shape index (κ2) is 4.74. The van der Waals surface area contributed by atoms with Crippen LogP contribution in [0.5, 0.6) is 5.75 Å². The largest absolute Gasteiger partial charge is 0.495 e. The van der Waals surface area contributed by atoms with E-state index in [4.69, 9.17) is 10.5 Å². The minimum absolute atomic E-state index is 0.504. The van der Waals surface area contributed by atoms with Gasteiger partial charge in [-0.15, -0.1) is 0 Å². The van der Waals surface area contributed by atoms with Gasteiger partial charge in [0.25, 0.3) is 0 Å². The van der Waals surface area contributed by atoms with Crippen molar-refractivity contribution in [3.63, 3.8) is 0 Å². The number of ether oxygens (including phenoxy) is 1. The fraction of sp³-hybridized carbons (Fsp3) is 0.154. The van der Waals surface area contributed by atoms with E-state index in [2.05, 4.69) is 4.98 Å². The summed E-state index contributed by atoms with van der Waals surface area (Å²) in [6, 6.07) is 13.3. The molecule has 2 aromatic rings. The van der Waals surface area contributed by atoms with E-state index in [-0.39, 0.29) is 0 Å². The molecule has 0 bridgehead atoms. The Labute approximate surface area is 101 Å². The van der Waals surface area contributed by atoms with Gasteiger partial charge in [0.15, 0.2) is 0 Å². The molecule has 1 aromatic heterocycles. The van der Waals surface area contributed by atoms with Gasteiger partial charge in [0.05, 0.1) is 12.8 Å². The van der Waals surface area contributed by atoms with E-state index < -0.39 is 0 Å². The Balaban J connectivity index is 2.40. The average Bonchev–Trinajstić information content (AvgIpc) is 2.38. The molecule has 1 heterocycles. The Morgan fingerprint density at radius 2 is 1.88 bits per heavy atom. The fourth-order valence-electron chi connectivity index (χ4n) is 1.66. The molecule has 0 atom stereocenters. The summed E-state index contributed by atoms with van der Waals surface area (Å²) in [5.74, 6) is 2.10. The van der Waals surface area contributed by atoms with Crippen LogP contribution in [0.25, 0.3) is 0 Å². The van der Waals surface area contributed by atoms with Crippen molar-refractivity contribution >= 4 is 17.3 Å². The Morgan fingerprint density at radius 1 is 1.12 bits per heavy atom. The highest BCUT2D eigenvalue weighted by molar-refractivity contribution is 5.66. The molecule has 0 fully saturated rings. The van der Waals surface area contributed by atoms with E-state index >= 15 is 0 Å². The van der Waals surface area contributed by atoms with Crippen molar-refractivity contribution < 1.29 is 4.74 Å². The number of nitrogens with zero attached hydrogens (tertiary/aromatic N) is 2. The van der Waals surface area contributed by atoms with Gasteiger partial charge in [0, 0.05) is 7.05 Å². The molecule has 17 heavy (non-hydrogen) atoms. The summed E-state index contributed by atoms with van der Waals surface area (Å²) in [4.78, 5) is 6.21. The molecule has 4 nitrogen and oxygen atoms in total. The van der Waals surface area contributed by atoms with Gasteiger partial charge in [-0.2, -0.15) is 0 Å². The first kappa shape index (κ1) is 11.3. The Bertz CT molecular complexity index is 514. The molecule has 0 aliphatic heterocycles. The summed E-state index contributed by atoms with van der Waals surface area (Å²) in [5.41, 5.74) is 6.63. The lowest BCUT2D eigenvalue weighted by molar-refractivity contribution is 0.415. The molecule has 0 amide bonds. The highest BCUT2D eigenvalue weighted by atomic mass is 16.5. The van der Waals surface area contributed by atoms with Crippen molar-refractivity contribution in [2.45, 2.75) is 0 Å². The van der Waals surface area contributed by atoms with Gasteiger partial charge in [-0.3, -0.25) is 0 Å². The Hall–Kier alpha value is -2.23. The van der Waals surface area contributed by atoms with E-state index in [1.807, 2.05) is 48.3 Å². The van der Waals surface area contributed by atoms with E-state index in [1.165, 1.54) is 0 Å². The summed E-state index contributed by atoms with van der Waals surface area (Å²) in [5, 5.41) is 0. The first-order valence-corrected chi connectivity index (χ1v) is 5.31. The molecule has 0 radical (unpaired) electrons. The number of methoxy groups -OCH3 is 1. The zero-order chi connectivity index (χ0) is 12.3. The van der Waals surface area contributed by atoms with Crippen LogP contribution in [0.1, 0.15) is 0 Å². The normalized spacial score (nSPS) is 10.0. The van der Waals surface area contributed by atoms with Crippen LogP contribution < -0.4 is 15.4 Å². The SMILES string of the molecule is COc1ccccc1N(C)c1cccc(N)n1. The second-order valence-corrected chi connectivity index (χ2v) is 3.65. The molecule has 4 heteroatoms. The monoisotopic (exact) mass is 229 g/mol. The van der Waals surface area contributed by atoms with Crippen molar-refractivity contribution in [1.82, 2.24) is 4.98 Å². The van der Waals surface area contributed by atoms with Gasteiger partial charge < -0.3 is 15.4 Å². The van der Waals surface area contributed by atoms with Crippen LogP contribution >= 0.6 is 0 Å². The van der Waals surface area contributed by atoms with E-state index in [1.54, 1.807) is 13.2 Å². The van der Waals surface area contributed by atoms with Crippen molar-refractivity contribution in [2.24, 2.45) is 0 Å². The number of hydrogen-bond donors (Lipinski definition) is 1. The predicted octanol–water partition coefficient (Wildman–Crippen LogP) is 2.44. The molecule has 0 saturated carbocycles. The maximum absolute atomic E-state index is 5.68. The summed E-state index contributed by atoms with van der Waals surface area (Å²) >= 11 is 0. The number of rotatable bonds is 3. The van der Waals surface area contributed by atoms with Crippen LogP contribution in [0.3, 0.4) is 0 Å². The standard InChI is InChI=1S/C13H15N3O/c1-16(13-9-5-8-12(14)15-13)10-6-3-4-7-11(10)17-2/h3-9H,1-2H3,(H2,14,15). The molecule has 2 N–H and O–H groups in total. The molecule has 1 aromatic carbocycles.